The molecule has 1 saturated carbocycles. The van der Waals surface area contributed by atoms with Crippen molar-refractivity contribution in [1.29, 1.82) is 0 Å². The molecule has 2 aromatic rings. The lowest BCUT2D eigenvalue weighted by Gasteiger charge is -2.31. The molecule has 6 heteroatoms. The van der Waals surface area contributed by atoms with E-state index in [1.54, 1.807) is 14.2 Å². The summed E-state index contributed by atoms with van der Waals surface area (Å²) in [7, 11) is 3.31. The number of rotatable bonds is 8. The normalized spacial score (nSPS) is 18.7. The maximum absolute atomic E-state index is 12.5. The molecule has 1 atom stereocenters. The number of carbonyl (C=O) groups is 1. The quantitative estimate of drug-likeness (QED) is 0.615. The molecule has 1 unspecified atom stereocenters. The first kappa shape index (κ1) is 23.1. The summed E-state index contributed by atoms with van der Waals surface area (Å²) in [6, 6.07) is 14.3. The molecular weight excluding hydrogens is 414 g/mol. The molecule has 33 heavy (non-hydrogen) atoms. The fourth-order valence-corrected chi connectivity index (χ4v) is 4.84. The number of hydrogen-bond donors (Lipinski definition) is 1. The molecule has 1 fully saturated rings. The molecule has 0 bridgehead atoms. The van der Waals surface area contributed by atoms with E-state index in [4.69, 9.17) is 14.6 Å². The van der Waals surface area contributed by atoms with Crippen molar-refractivity contribution in [3.8, 4) is 11.5 Å². The van der Waals surface area contributed by atoms with Gasteiger partial charge in [-0.15, -0.1) is 0 Å². The number of hydrazone groups is 1. The first-order chi connectivity index (χ1) is 16.1. The molecule has 0 saturated heterocycles. The van der Waals surface area contributed by atoms with Crippen LogP contribution in [0.2, 0.25) is 0 Å². The second-order valence-corrected chi connectivity index (χ2v) is 8.99. The van der Waals surface area contributed by atoms with Gasteiger partial charge < -0.3 is 14.8 Å². The van der Waals surface area contributed by atoms with Gasteiger partial charge in [-0.3, -0.25) is 9.80 Å². The van der Waals surface area contributed by atoms with Crippen LogP contribution in [0.1, 0.15) is 66.9 Å². The zero-order chi connectivity index (χ0) is 23.2. The van der Waals surface area contributed by atoms with Crippen LogP contribution in [0, 0.1) is 5.92 Å². The van der Waals surface area contributed by atoms with Crippen LogP contribution in [-0.2, 0) is 6.54 Å². The number of hydrogen-bond acceptors (Lipinski definition) is 5. The maximum Gasteiger partial charge on any atom is 0.251 e. The predicted molar refractivity (Wildman–Crippen MR) is 131 cm³/mol. The van der Waals surface area contributed by atoms with E-state index in [0.29, 0.717) is 12.0 Å². The summed E-state index contributed by atoms with van der Waals surface area (Å²) >= 11 is 0. The third-order valence-electron chi connectivity index (χ3n) is 6.82. The molecule has 0 spiro atoms. The number of nitrogens with zero attached hydrogens (tertiary/aromatic N) is 2. The van der Waals surface area contributed by atoms with Crippen LogP contribution >= 0.6 is 0 Å². The van der Waals surface area contributed by atoms with E-state index < -0.39 is 0 Å². The van der Waals surface area contributed by atoms with Crippen molar-refractivity contribution in [2.75, 3.05) is 20.8 Å². The van der Waals surface area contributed by atoms with Crippen LogP contribution in [0.3, 0.4) is 0 Å². The molecule has 1 heterocycles. The average Bonchev–Trinajstić information content (AvgIpc) is 3.37. The van der Waals surface area contributed by atoms with Crippen LogP contribution in [0.4, 0.5) is 0 Å². The highest BCUT2D eigenvalue weighted by Gasteiger charge is 2.24. The molecule has 0 aromatic heterocycles. The zero-order valence-corrected chi connectivity index (χ0v) is 20.0. The van der Waals surface area contributed by atoms with Crippen LogP contribution < -0.4 is 14.8 Å². The van der Waals surface area contributed by atoms with Crippen molar-refractivity contribution >= 4 is 11.6 Å². The van der Waals surface area contributed by atoms with Gasteiger partial charge in [-0.05, 0) is 61.6 Å². The molecule has 1 N–H and O–H groups in total. The molecule has 1 aliphatic heterocycles. The second kappa shape index (κ2) is 10.7. The molecule has 1 amide bonds. The van der Waals surface area contributed by atoms with Crippen molar-refractivity contribution < 1.29 is 14.3 Å². The number of methoxy groups -OCH3 is 2. The number of ether oxygens (including phenoxy) is 2. The Morgan fingerprint density at radius 3 is 2.42 bits per heavy atom. The van der Waals surface area contributed by atoms with Gasteiger partial charge in [0.25, 0.3) is 5.91 Å². The highest BCUT2D eigenvalue weighted by atomic mass is 16.5. The SMILES string of the molecule is CCC1CCN(Cc2ccc(C(=O)NC3CCCC3)cc2)N=C1c1ccc(OC)c(OC)c1. The molecule has 176 valence electrons. The molecule has 2 aromatic carbocycles. The largest absolute Gasteiger partial charge is 0.493 e. The van der Waals surface area contributed by atoms with E-state index in [2.05, 4.69) is 23.3 Å². The fourth-order valence-electron chi connectivity index (χ4n) is 4.84. The zero-order valence-electron chi connectivity index (χ0n) is 20.0. The second-order valence-electron chi connectivity index (χ2n) is 8.99. The summed E-state index contributed by atoms with van der Waals surface area (Å²) in [5.74, 6) is 1.89. The van der Waals surface area contributed by atoms with Gasteiger partial charge in [-0.2, -0.15) is 5.10 Å². The van der Waals surface area contributed by atoms with Crippen molar-refractivity contribution in [3.63, 3.8) is 0 Å². The monoisotopic (exact) mass is 449 g/mol. The minimum Gasteiger partial charge on any atom is -0.493 e. The highest BCUT2D eigenvalue weighted by molar-refractivity contribution is 6.03. The van der Waals surface area contributed by atoms with E-state index in [1.807, 2.05) is 36.4 Å². The van der Waals surface area contributed by atoms with Crippen LogP contribution in [-0.4, -0.2) is 43.4 Å². The average molecular weight is 450 g/mol. The standard InChI is InChI=1S/C27H35N3O3/c1-4-20-15-16-30(29-26(20)22-13-14-24(32-2)25(17-22)33-3)18-19-9-11-21(12-10-19)27(31)28-23-7-5-6-8-23/h9-14,17,20,23H,4-8,15-16,18H2,1-3H3,(H,28,31). The van der Waals surface area contributed by atoms with E-state index in [1.165, 1.54) is 12.8 Å². The van der Waals surface area contributed by atoms with Crippen molar-refractivity contribution in [2.24, 2.45) is 11.0 Å². The molecule has 4 rings (SSSR count). The van der Waals surface area contributed by atoms with E-state index in [-0.39, 0.29) is 5.91 Å². The van der Waals surface area contributed by atoms with Gasteiger partial charge in [-0.25, -0.2) is 0 Å². The van der Waals surface area contributed by atoms with Crippen LogP contribution in [0.25, 0.3) is 0 Å². The Bertz CT molecular complexity index is 981. The fraction of sp³-hybridized carbons (Fsp3) is 0.481. The first-order valence-electron chi connectivity index (χ1n) is 12.1. The summed E-state index contributed by atoms with van der Waals surface area (Å²) in [6.07, 6.45) is 6.72. The van der Waals surface area contributed by atoms with Gasteiger partial charge in [0.15, 0.2) is 11.5 Å². The van der Waals surface area contributed by atoms with E-state index >= 15 is 0 Å². The van der Waals surface area contributed by atoms with Crippen molar-refractivity contribution in [1.82, 2.24) is 10.3 Å². The summed E-state index contributed by atoms with van der Waals surface area (Å²) in [5.41, 5.74) is 4.04. The minimum atomic E-state index is 0.0333. The Morgan fingerprint density at radius 2 is 1.76 bits per heavy atom. The summed E-state index contributed by atoms with van der Waals surface area (Å²) in [4.78, 5) is 12.5. The Balaban J connectivity index is 1.47. The Morgan fingerprint density at radius 1 is 1.03 bits per heavy atom. The molecular formula is C27H35N3O3. The molecule has 2 aliphatic rings. The molecule has 1 aliphatic carbocycles. The van der Waals surface area contributed by atoms with Crippen LogP contribution in [0.5, 0.6) is 11.5 Å². The first-order valence-corrected chi connectivity index (χ1v) is 12.1. The van der Waals surface area contributed by atoms with Gasteiger partial charge >= 0.3 is 0 Å². The lowest BCUT2D eigenvalue weighted by atomic mass is 9.90. The van der Waals surface area contributed by atoms with Crippen molar-refractivity contribution in [3.05, 3.63) is 59.2 Å². The smallest absolute Gasteiger partial charge is 0.251 e. The van der Waals surface area contributed by atoms with Gasteiger partial charge in [0.05, 0.1) is 26.5 Å². The van der Waals surface area contributed by atoms with Gasteiger partial charge in [0.1, 0.15) is 0 Å². The van der Waals surface area contributed by atoms with Gasteiger partial charge in [0, 0.05) is 29.6 Å². The number of amides is 1. The maximum atomic E-state index is 12.5. The molecule has 6 nitrogen and oxygen atoms in total. The predicted octanol–water partition coefficient (Wildman–Crippen LogP) is 5.01. The summed E-state index contributed by atoms with van der Waals surface area (Å²) in [5, 5.41) is 10.3. The third-order valence-corrected chi connectivity index (χ3v) is 6.82. The number of nitrogens with one attached hydrogen (secondary N) is 1. The van der Waals surface area contributed by atoms with Crippen molar-refractivity contribution in [2.45, 2.75) is 58.0 Å². The highest BCUT2D eigenvalue weighted by Crippen LogP contribution is 2.31. The summed E-state index contributed by atoms with van der Waals surface area (Å²) in [6.45, 7) is 3.85. The van der Waals surface area contributed by atoms with Gasteiger partial charge in [0.2, 0.25) is 0 Å². The van der Waals surface area contributed by atoms with E-state index in [0.717, 1.165) is 72.7 Å². The lowest BCUT2D eigenvalue weighted by molar-refractivity contribution is 0.0938. The topological polar surface area (TPSA) is 63.2 Å². The van der Waals surface area contributed by atoms with Gasteiger partial charge in [-0.1, -0.05) is 31.9 Å². The lowest BCUT2D eigenvalue weighted by Crippen LogP contribution is -2.33. The third kappa shape index (κ3) is 5.49. The number of benzene rings is 2. The Labute approximate surface area is 197 Å². The minimum absolute atomic E-state index is 0.0333. The molecule has 0 radical (unpaired) electrons. The van der Waals surface area contributed by atoms with E-state index in [9.17, 15) is 4.79 Å². The van der Waals surface area contributed by atoms with Crippen LogP contribution in [0.15, 0.2) is 47.6 Å². The number of carbonyl (C=O) groups excluding carboxylic acids is 1. The summed E-state index contributed by atoms with van der Waals surface area (Å²) < 4.78 is 10.9. The Kier molecular flexibility index (Phi) is 7.53. The Hall–Kier alpha value is -3.02.